The number of alkyl halides is 3. The van der Waals surface area contributed by atoms with E-state index in [-0.39, 0.29) is 33.0 Å². The molecular formula is C32H25F3N4O4S2. The van der Waals surface area contributed by atoms with Crippen LogP contribution in [0, 0.1) is 18.3 Å². The van der Waals surface area contributed by atoms with Crippen LogP contribution in [-0.4, -0.2) is 29.7 Å². The number of nitriles is 1. The topological polar surface area (TPSA) is 107 Å². The van der Waals surface area contributed by atoms with E-state index in [9.17, 15) is 28.0 Å². The van der Waals surface area contributed by atoms with Gasteiger partial charge in [-0.05, 0) is 54.8 Å². The van der Waals surface area contributed by atoms with Crippen LogP contribution >= 0.6 is 23.1 Å². The van der Waals surface area contributed by atoms with Crippen molar-refractivity contribution < 1.29 is 27.4 Å². The van der Waals surface area contributed by atoms with E-state index in [0.29, 0.717) is 31.9 Å². The molecule has 0 bridgehead atoms. The summed E-state index contributed by atoms with van der Waals surface area (Å²) >= 11 is 2.16. The first-order valence-corrected chi connectivity index (χ1v) is 15.2. The fourth-order valence-corrected chi connectivity index (χ4v) is 7.05. The number of hydrogen-bond acceptors (Lipinski definition) is 9. The van der Waals surface area contributed by atoms with Gasteiger partial charge in [-0.25, -0.2) is 14.8 Å². The van der Waals surface area contributed by atoms with Crippen molar-refractivity contribution in [3.8, 4) is 11.8 Å². The fourth-order valence-electron chi connectivity index (χ4n) is 4.97. The van der Waals surface area contributed by atoms with Gasteiger partial charge in [0.05, 0.1) is 41.6 Å². The maximum Gasteiger partial charge on any atom is 0.433 e. The van der Waals surface area contributed by atoms with Crippen molar-refractivity contribution in [3.05, 3.63) is 119 Å². The minimum atomic E-state index is -4.66. The lowest BCUT2D eigenvalue weighted by Crippen LogP contribution is -2.39. The van der Waals surface area contributed by atoms with E-state index in [1.54, 1.807) is 31.2 Å². The molecule has 1 aliphatic rings. The highest BCUT2D eigenvalue weighted by Crippen LogP contribution is 2.35. The number of thioether (sulfide) groups is 1. The molecule has 1 aliphatic heterocycles. The second-order valence-electron chi connectivity index (χ2n) is 9.96. The summed E-state index contributed by atoms with van der Waals surface area (Å²) in [4.78, 5) is 35.4. The van der Waals surface area contributed by atoms with Gasteiger partial charge < -0.3 is 9.47 Å². The minimum Gasteiger partial charge on any atom is -0.496 e. The normalized spacial score (nSPS) is 14.9. The van der Waals surface area contributed by atoms with Crippen molar-refractivity contribution in [2.24, 2.45) is 4.99 Å². The number of fused-ring (bicyclic) bond motifs is 1. The molecule has 0 aliphatic carbocycles. The summed E-state index contributed by atoms with van der Waals surface area (Å²) in [5.74, 6) is 0.0388. The van der Waals surface area contributed by atoms with E-state index < -0.39 is 23.9 Å². The molecule has 13 heteroatoms. The molecule has 230 valence electrons. The number of allylic oxidation sites excluding steroid dienone is 1. The van der Waals surface area contributed by atoms with Crippen LogP contribution < -0.4 is 19.6 Å². The molecule has 2 aromatic carbocycles. The van der Waals surface area contributed by atoms with E-state index in [0.717, 1.165) is 23.4 Å². The van der Waals surface area contributed by atoms with E-state index >= 15 is 0 Å². The second kappa shape index (κ2) is 12.7. The zero-order valence-corrected chi connectivity index (χ0v) is 26.1. The Morgan fingerprint density at radius 1 is 1.16 bits per heavy atom. The zero-order valence-electron chi connectivity index (χ0n) is 24.4. The predicted octanol–water partition coefficient (Wildman–Crippen LogP) is 5.30. The molecular weight excluding hydrogens is 626 g/mol. The Hall–Kier alpha value is -4.67. The van der Waals surface area contributed by atoms with Gasteiger partial charge in [-0.15, -0.1) is 11.8 Å². The molecule has 5 rings (SSSR count). The van der Waals surface area contributed by atoms with E-state index in [1.807, 2.05) is 36.4 Å². The highest BCUT2D eigenvalue weighted by atomic mass is 32.2. The third-order valence-electron chi connectivity index (χ3n) is 7.09. The first-order chi connectivity index (χ1) is 21.5. The summed E-state index contributed by atoms with van der Waals surface area (Å²) in [7, 11) is 2.75. The number of thiazole rings is 1. The molecule has 0 N–H and O–H groups in total. The van der Waals surface area contributed by atoms with Crippen LogP contribution in [0.2, 0.25) is 0 Å². The maximum atomic E-state index is 13.8. The first kappa shape index (κ1) is 31.7. The number of rotatable bonds is 7. The number of carbonyl (C=O) groups is 1. The number of pyridine rings is 1. The molecule has 1 atom stereocenters. The Labute approximate surface area is 263 Å². The van der Waals surface area contributed by atoms with Crippen molar-refractivity contribution >= 4 is 35.1 Å². The van der Waals surface area contributed by atoms with E-state index in [2.05, 4.69) is 9.98 Å². The van der Waals surface area contributed by atoms with Crippen LogP contribution in [0.4, 0.5) is 13.2 Å². The van der Waals surface area contributed by atoms with Crippen LogP contribution in [0.3, 0.4) is 0 Å². The largest absolute Gasteiger partial charge is 0.496 e. The van der Waals surface area contributed by atoms with Crippen LogP contribution in [0.15, 0.2) is 80.7 Å². The Morgan fingerprint density at radius 2 is 1.89 bits per heavy atom. The lowest BCUT2D eigenvalue weighted by molar-refractivity contribution is -0.141. The predicted molar refractivity (Wildman–Crippen MR) is 163 cm³/mol. The molecule has 45 heavy (non-hydrogen) atoms. The number of methoxy groups -OCH3 is 2. The highest BCUT2D eigenvalue weighted by Gasteiger charge is 2.34. The fraction of sp³-hybridized carbons (Fsp3) is 0.219. The highest BCUT2D eigenvalue weighted by molar-refractivity contribution is 7.98. The van der Waals surface area contributed by atoms with Crippen LogP contribution in [0.1, 0.15) is 46.5 Å². The van der Waals surface area contributed by atoms with Crippen LogP contribution in [0.25, 0.3) is 6.08 Å². The zero-order chi connectivity index (χ0) is 32.5. The number of benzene rings is 2. The lowest BCUT2D eigenvalue weighted by Gasteiger charge is -2.24. The van der Waals surface area contributed by atoms with Crippen LogP contribution in [0.5, 0.6) is 5.75 Å². The van der Waals surface area contributed by atoms with Gasteiger partial charge in [0.15, 0.2) is 4.80 Å². The number of aryl methyl sites for hydroxylation is 1. The lowest BCUT2D eigenvalue weighted by atomic mass is 9.96. The number of carbonyl (C=O) groups excluding carboxylic acids is 1. The van der Waals surface area contributed by atoms with Gasteiger partial charge in [0.25, 0.3) is 5.56 Å². The number of nitrogens with zero attached hydrogens (tertiary/aromatic N) is 4. The van der Waals surface area contributed by atoms with Crippen molar-refractivity contribution in [2.45, 2.75) is 36.8 Å². The smallest absolute Gasteiger partial charge is 0.433 e. The maximum absolute atomic E-state index is 13.8. The van der Waals surface area contributed by atoms with Crippen molar-refractivity contribution in [3.63, 3.8) is 0 Å². The van der Waals surface area contributed by atoms with Gasteiger partial charge in [0, 0.05) is 11.3 Å². The molecule has 8 nitrogen and oxygen atoms in total. The first-order valence-electron chi connectivity index (χ1n) is 13.4. The van der Waals surface area contributed by atoms with Gasteiger partial charge in [-0.1, -0.05) is 47.7 Å². The summed E-state index contributed by atoms with van der Waals surface area (Å²) in [6.45, 7) is 3.14. The van der Waals surface area contributed by atoms with Crippen LogP contribution in [-0.2, 0) is 21.5 Å². The third kappa shape index (κ3) is 6.29. The van der Waals surface area contributed by atoms with Gasteiger partial charge in [-0.3, -0.25) is 9.36 Å². The average Bonchev–Trinajstić information content (AvgIpc) is 3.32. The Kier molecular flexibility index (Phi) is 8.99. The van der Waals surface area contributed by atoms with Gasteiger partial charge in [-0.2, -0.15) is 18.4 Å². The molecule has 0 radical (unpaired) electrons. The average molecular weight is 651 g/mol. The Balaban J connectivity index is 1.56. The summed E-state index contributed by atoms with van der Waals surface area (Å²) in [6, 6.07) is 16.4. The Morgan fingerprint density at radius 3 is 2.53 bits per heavy atom. The molecule has 0 saturated heterocycles. The van der Waals surface area contributed by atoms with Gasteiger partial charge in [0.1, 0.15) is 22.5 Å². The molecule has 2 aromatic heterocycles. The summed E-state index contributed by atoms with van der Waals surface area (Å²) in [5, 5.41) is 9.54. The third-order valence-corrected chi connectivity index (χ3v) is 9.10. The summed E-state index contributed by atoms with van der Waals surface area (Å²) in [5.41, 5.74) is 1.51. The SMILES string of the molecule is COC(=O)C1=C(C)N=c2s/c(=C\c3ccc(OC)c(CSc4nc(C(F)(F)F)cc(C)c4C#N)c3)c(=O)n2C1c1ccccc1. The number of hydrogen-bond donors (Lipinski definition) is 0. The molecule has 3 heterocycles. The summed E-state index contributed by atoms with van der Waals surface area (Å²) < 4.78 is 52.6. The molecule has 4 aromatic rings. The van der Waals surface area contributed by atoms with E-state index in [4.69, 9.17) is 9.47 Å². The molecule has 0 amide bonds. The summed E-state index contributed by atoms with van der Waals surface area (Å²) in [6.07, 6.45) is -2.98. The van der Waals surface area contributed by atoms with Crippen molar-refractivity contribution in [2.75, 3.05) is 14.2 Å². The van der Waals surface area contributed by atoms with Gasteiger partial charge >= 0.3 is 12.1 Å². The van der Waals surface area contributed by atoms with Gasteiger partial charge in [0.2, 0.25) is 0 Å². The second-order valence-corrected chi connectivity index (χ2v) is 11.9. The minimum absolute atomic E-state index is 0.0386. The number of aromatic nitrogens is 2. The molecule has 0 spiro atoms. The standard InChI is InChI=1S/C32H25F3N4O4S2/c1-17-12-25(32(33,34)35)38-28(22(17)15-36)44-16-21-13-19(10-11-23(21)42-3)14-24-29(40)39-27(20-8-6-5-7-9-20)26(30(41)43-4)18(2)37-31(39)45-24/h5-14,27H,16H2,1-4H3/b24-14-. The number of ether oxygens (including phenoxy) is 2. The Bertz CT molecular complexity index is 2060. The number of esters is 1. The van der Waals surface area contributed by atoms with Crippen molar-refractivity contribution in [1.29, 1.82) is 5.26 Å². The molecule has 0 saturated carbocycles. The molecule has 0 fully saturated rings. The van der Waals surface area contributed by atoms with Crippen molar-refractivity contribution in [1.82, 2.24) is 9.55 Å². The van der Waals surface area contributed by atoms with E-state index in [1.165, 1.54) is 37.0 Å². The quantitative estimate of drug-likeness (QED) is 0.197. The number of halogens is 3. The monoisotopic (exact) mass is 650 g/mol. The molecule has 1 unspecified atom stereocenters.